The van der Waals surface area contributed by atoms with Gasteiger partial charge in [0.05, 0.1) is 26.2 Å². The maximum atomic E-state index is 13.5. The van der Waals surface area contributed by atoms with E-state index < -0.39 is 34.3 Å². The van der Waals surface area contributed by atoms with Crippen LogP contribution in [0.2, 0.25) is 0 Å². The van der Waals surface area contributed by atoms with Gasteiger partial charge in [-0.1, -0.05) is 25.5 Å². The Morgan fingerprint density at radius 2 is 1.75 bits per heavy atom. The van der Waals surface area contributed by atoms with Crippen LogP contribution in [-0.2, 0) is 26.2 Å². The van der Waals surface area contributed by atoms with Crippen molar-refractivity contribution in [3.05, 3.63) is 53.8 Å². The highest BCUT2D eigenvalue weighted by atomic mass is 32.2. The van der Waals surface area contributed by atoms with Gasteiger partial charge in [-0.3, -0.25) is 13.9 Å². The van der Waals surface area contributed by atoms with Gasteiger partial charge in [-0.2, -0.15) is 0 Å². The SMILES string of the molecule is CCCCNC(=O)[C@H](C)N(Cc1ccc(F)cc1)C(=O)CN(c1ccc(OC)cc1OC)S(C)(=O)=O. The van der Waals surface area contributed by atoms with Crippen LogP contribution in [0.25, 0.3) is 0 Å². The molecule has 9 nitrogen and oxygen atoms in total. The molecule has 1 N–H and O–H groups in total. The minimum Gasteiger partial charge on any atom is -0.497 e. The Balaban J connectivity index is 2.41. The van der Waals surface area contributed by atoms with Gasteiger partial charge in [0, 0.05) is 19.2 Å². The minimum absolute atomic E-state index is 0.0151. The number of unbranched alkanes of at least 4 members (excludes halogenated alkanes) is 1. The quantitative estimate of drug-likeness (QED) is 0.405. The standard InChI is InChI=1S/C25H34FN3O6S/c1-6-7-14-27-25(31)18(2)28(16-19-8-10-20(26)11-9-19)24(30)17-29(36(5,32)33)22-13-12-21(34-3)15-23(22)35-4/h8-13,15,18H,6-7,14,16-17H2,1-5H3,(H,27,31)/t18-/m0/s1. The number of sulfonamides is 1. The summed E-state index contributed by atoms with van der Waals surface area (Å²) in [5.74, 6) is -0.766. The molecular formula is C25H34FN3O6S. The third-order valence-electron chi connectivity index (χ3n) is 5.60. The second-order valence-electron chi connectivity index (χ2n) is 8.28. The second-order valence-corrected chi connectivity index (χ2v) is 10.2. The number of ether oxygens (including phenoxy) is 2. The summed E-state index contributed by atoms with van der Waals surface area (Å²) in [5, 5.41) is 2.80. The van der Waals surface area contributed by atoms with Crippen LogP contribution in [0.4, 0.5) is 10.1 Å². The molecule has 0 aromatic heterocycles. The van der Waals surface area contributed by atoms with E-state index in [9.17, 15) is 22.4 Å². The van der Waals surface area contributed by atoms with Crippen molar-refractivity contribution in [1.82, 2.24) is 10.2 Å². The number of amides is 2. The Bertz CT molecular complexity index is 1140. The molecule has 0 aliphatic rings. The molecule has 0 radical (unpaired) electrons. The zero-order chi connectivity index (χ0) is 26.9. The molecule has 0 fully saturated rings. The average molecular weight is 524 g/mol. The summed E-state index contributed by atoms with van der Waals surface area (Å²) < 4.78 is 50.3. The lowest BCUT2D eigenvalue weighted by molar-refractivity contribution is -0.139. The zero-order valence-corrected chi connectivity index (χ0v) is 22.1. The Kier molecular flexibility index (Phi) is 10.5. The van der Waals surface area contributed by atoms with E-state index in [0.29, 0.717) is 17.9 Å². The van der Waals surface area contributed by atoms with E-state index in [0.717, 1.165) is 23.4 Å². The monoisotopic (exact) mass is 523 g/mol. The number of hydrogen-bond acceptors (Lipinski definition) is 6. The number of carbonyl (C=O) groups excluding carboxylic acids is 2. The second kappa shape index (κ2) is 13.1. The number of methoxy groups -OCH3 is 2. The molecule has 2 rings (SSSR count). The topological polar surface area (TPSA) is 105 Å². The summed E-state index contributed by atoms with van der Waals surface area (Å²) in [7, 11) is -1.08. The van der Waals surface area contributed by atoms with Crippen molar-refractivity contribution in [3.8, 4) is 11.5 Å². The van der Waals surface area contributed by atoms with Gasteiger partial charge >= 0.3 is 0 Å². The molecule has 0 aliphatic carbocycles. The normalized spacial score (nSPS) is 11.9. The highest BCUT2D eigenvalue weighted by Crippen LogP contribution is 2.33. The molecule has 0 saturated carbocycles. The molecule has 2 amide bonds. The minimum atomic E-state index is -3.93. The Morgan fingerprint density at radius 1 is 1.08 bits per heavy atom. The molecule has 2 aromatic rings. The van der Waals surface area contributed by atoms with E-state index in [4.69, 9.17) is 9.47 Å². The fourth-order valence-corrected chi connectivity index (χ4v) is 4.34. The molecule has 11 heteroatoms. The number of carbonyl (C=O) groups is 2. The number of nitrogens with one attached hydrogen (secondary N) is 1. The third kappa shape index (κ3) is 7.84. The predicted molar refractivity (Wildman–Crippen MR) is 136 cm³/mol. The first kappa shape index (κ1) is 28.9. The van der Waals surface area contributed by atoms with Crippen molar-refractivity contribution < 1.29 is 31.9 Å². The molecule has 198 valence electrons. The Morgan fingerprint density at radius 3 is 2.31 bits per heavy atom. The Labute approximate surface area is 212 Å². The van der Waals surface area contributed by atoms with Gasteiger partial charge in [-0.25, -0.2) is 12.8 Å². The number of rotatable bonds is 13. The van der Waals surface area contributed by atoms with E-state index in [-0.39, 0.29) is 23.9 Å². The largest absolute Gasteiger partial charge is 0.497 e. The van der Waals surface area contributed by atoms with Crippen molar-refractivity contribution in [2.24, 2.45) is 0 Å². The van der Waals surface area contributed by atoms with Gasteiger partial charge in [-0.05, 0) is 43.2 Å². The average Bonchev–Trinajstić information content (AvgIpc) is 2.85. The number of nitrogens with zero attached hydrogens (tertiary/aromatic N) is 2. The van der Waals surface area contributed by atoms with Gasteiger partial charge in [0.15, 0.2) is 0 Å². The summed E-state index contributed by atoms with van der Waals surface area (Å²) in [6.07, 6.45) is 2.65. The summed E-state index contributed by atoms with van der Waals surface area (Å²) in [6.45, 7) is 3.43. The lowest BCUT2D eigenvalue weighted by Gasteiger charge is -2.32. The molecule has 0 unspecified atom stereocenters. The number of anilines is 1. The van der Waals surface area contributed by atoms with Crippen molar-refractivity contribution in [3.63, 3.8) is 0 Å². The first-order valence-corrected chi connectivity index (χ1v) is 13.4. The molecular weight excluding hydrogens is 489 g/mol. The van der Waals surface area contributed by atoms with E-state index in [1.54, 1.807) is 13.0 Å². The number of halogens is 1. The number of hydrogen-bond donors (Lipinski definition) is 1. The van der Waals surface area contributed by atoms with Crippen LogP contribution in [0.15, 0.2) is 42.5 Å². The predicted octanol–water partition coefficient (Wildman–Crippen LogP) is 2.94. The van der Waals surface area contributed by atoms with Crippen LogP contribution >= 0.6 is 0 Å². The van der Waals surface area contributed by atoms with Gasteiger partial charge in [0.1, 0.15) is 29.9 Å². The summed E-state index contributed by atoms with van der Waals surface area (Å²) >= 11 is 0. The van der Waals surface area contributed by atoms with Crippen molar-refractivity contribution in [2.75, 3.05) is 37.9 Å². The number of benzene rings is 2. The first-order valence-electron chi connectivity index (χ1n) is 11.5. The van der Waals surface area contributed by atoms with E-state index in [2.05, 4.69) is 5.32 Å². The molecule has 1 atom stereocenters. The maximum Gasteiger partial charge on any atom is 0.244 e. The van der Waals surface area contributed by atoms with E-state index in [1.807, 2.05) is 6.92 Å². The zero-order valence-electron chi connectivity index (χ0n) is 21.3. The van der Waals surface area contributed by atoms with Gasteiger partial charge < -0.3 is 19.7 Å². The van der Waals surface area contributed by atoms with E-state index in [1.165, 1.54) is 55.5 Å². The lowest BCUT2D eigenvalue weighted by Crippen LogP contribution is -2.51. The fourth-order valence-electron chi connectivity index (χ4n) is 3.49. The lowest BCUT2D eigenvalue weighted by atomic mass is 10.1. The molecule has 36 heavy (non-hydrogen) atoms. The molecule has 0 aliphatic heterocycles. The highest BCUT2D eigenvalue weighted by molar-refractivity contribution is 7.92. The molecule has 0 heterocycles. The van der Waals surface area contributed by atoms with Crippen LogP contribution in [-0.4, -0.2) is 64.7 Å². The van der Waals surface area contributed by atoms with Crippen LogP contribution in [0.3, 0.4) is 0 Å². The Hall–Kier alpha value is -3.34. The third-order valence-corrected chi connectivity index (χ3v) is 6.72. The molecule has 0 saturated heterocycles. The fraction of sp³-hybridized carbons (Fsp3) is 0.440. The van der Waals surface area contributed by atoms with Gasteiger partial charge in [0.25, 0.3) is 0 Å². The molecule has 0 spiro atoms. The molecule has 0 bridgehead atoms. The van der Waals surface area contributed by atoms with Gasteiger partial charge in [0.2, 0.25) is 21.8 Å². The van der Waals surface area contributed by atoms with Crippen LogP contribution in [0, 0.1) is 5.82 Å². The smallest absolute Gasteiger partial charge is 0.244 e. The van der Waals surface area contributed by atoms with Crippen molar-refractivity contribution in [1.29, 1.82) is 0 Å². The summed E-state index contributed by atoms with van der Waals surface area (Å²) in [5.41, 5.74) is 0.738. The van der Waals surface area contributed by atoms with Crippen molar-refractivity contribution >= 4 is 27.5 Å². The molecule has 2 aromatic carbocycles. The first-order chi connectivity index (χ1) is 17.0. The van der Waals surface area contributed by atoms with Crippen LogP contribution in [0.1, 0.15) is 32.3 Å². The summed E-state index contributed by atoms with van der Waals surface area (Å²) in [4.78, 5) is 27.6. The van der Waals surface area contributed by atoms with Crippen LogP contribution in [0.5, 0.6) is 11.5 Å². The summed E-state index contributed by atoms with van der Waals surface area (Å²) in [6, 6.07) is 9.19. The van der Waals surface area contributed by atoms with Crippen molar-refractivity contribution in [2.45, 2.75) is 39.3 Å². The van der Waals surface area contributed by atoms with Gasteiger partial charge in [-0.15, -0.1) is 0 Å². The highest BCUT2D eigenvalue weighted by Gasteiger charge is 2.31. The van der Waals surface area contributed by atoms with E-state index >= 15 is 0 Å². The maximum absolute atomic E-state index is 13.5. The van der Waals surface area contributed by atoms with Crippen LogP contribution < -0.4 is 19.1 Å².